The normalized spacial score (nSPS) is 21.8. The Kier molecular flexibility index (Phi) is 4.92. The van der Waals surface area contributed by atoms with Crippen molar-refractivity contribution in [2.75, 3.05) is 26.2 Å². The van der Waals surface area contributed by atoms with Gasteiger partial charge >= 0.3 is 0 Å². The van der Waals surface area contributed by atoms with Crippen LogP contribution in [0.1, 0.15) is 31.1 Å². The van der Waals surface area contributed by atoms with Gasteiger partial charge in [0.05, 0.1) is 29.7 Å². The Labute approximate surface area is 136 Å². The smallest absolute Gasteiger partial charge is 0.181 e. The fourth-order valence-corrected chi connectivity index (χ4v) is 4.02. The molecule has 0 amide bonds. The molecule has 1 aliphatic rings. The molecule has 0 aromatic heterocycles. The van der Waals surface area contributed by atoms with Crippen molar-refractivity contribution in [3.05, 3.63) is 26.6 Å². The first kappa shape index (κ1) is 16.0. The summed E-state index contributed by atoms with van der Waals surface area (Å²) in [6.07, 6.45) is 0. The fraction of sp³-hybridized carbons (Fsp3) is 0.533. The summed E-state index contributed by atoms with van der Waals surface area (Å²) in [4.78, 5) is 14.3. The summed E-state index contributed by atoms with van der Waals surface area (Å²) in [5.74, 6) is 0.852. The lowest BCUT2D eigenvalue weighted by atomic mass is 9.80. The highest BCUT2D eigenvalue weighted by Crippen LogP contribution is 2.40. The number of quaternary nitrogens is 1. The first-order valence-electron chi connectivity index (χ1n) is 6.91. The molecule has 110 valence electrons. The van der Waals surface area contributed by atoms with Crippen LogP contribution in [0.15, 0.2) is 21.1 Å². The molecule has 1 unspecified atom stereocenters. The van der Waals surface area contributed by atoms with Crippen LogP contribution in [0.25, 0.3) is 0 Å². The van der Waals surface area contributed by atoms with E-state index in [1.165, 1.54) is 4.90 Å². The highest BCUT2D eigenvalue weighted by atomic mass is 79.9. The van der Waals surface area contributed by atoms with E-state index in [1.807, 2.05) is 19.1 Å². The van der Waals surface area contributed by atoms with E-state index in [1.54, 1.807) is 0 Å². The van der Waals surface area contributed by atoms with Gasteiger partial charge in [0.2, 0.25) is 0 Å². The van der Waals surface area contributed by atoms with E-state index in [2.05, 4.69) is 45.7 Å². The molecule has 1 aromatic rings. The van der Waals surface area contributed by atoms with Gasteiger partial charge in [0.25, 0.3) is 0 Å². The van der Waals surface area contributed by atoms with E-state index in [4.69, 9.17) is 4.74 Å². The van der Waals surface area contributed by atoms with Gasteiger partial charge < -0.3 is 9.64 Å². The zero-order chi connectivity index (χ0) is 14.9. The number of hydrogen-bond donors (Lipinski definition) is 1. The molecule has 1 heterocycles. The first-order valence-corrected chi connectivity index (χ1v) is 8.50. The van der Waals surface area contributed by atoms with Crippen molar-refractivity contribution in [2.24, 2.45) is 5.41 Å². The van der Waals surface area contributed by atoms with Crippen molar-refractivity contribution < 1.29 is 14.4 Å². The lowest BCUT2D eigenvalue weighted by molar-refractivity contribution is -0.901. The van der Waals surface area contributed by atoms with Crippen molar-refractivity contribution in [1.82, 2.24) is 0 Å². The number of carbonyl (C=O) groups is 1. The van der Waals surface area contributed by atoms with E-state index in [0.29, 0.717) is 17.9 Å². The molecule has 1 atom stereocenters. The number of nitrogens with one attached hydrogen (secondary N) is 1. The Morgan fingerprint density at radius 1 is 1.30 bits per heavy atom. The predicted molar refractivity (Wildman–Crippen MR) is 86.7 cm³/mol. The largest absolute Gasteiger partial charge is 0.490 e. The highest BCUT2D eigenvalue weighted by molar-refractivity contribution is 9.11. The van der Waals surface area contributed by atoms with Crippen LogP contribution < -0.4 is 9.64 Å². The van der Waals surface area contributed by atoms with Gasteiger partial charge in [-0.25, -0.2) is 0 Å². The van der Waals surface area contributed by atoms with Crippen molar-refractivity contribution in [2.45, 2.75) is 20.8 Å². The molecule has 1 aliphatic heterocycles. The van der Waals surface area contributed by atoms with E-state index in [-0.39, 0.29) is 5.78 Å². The molecule has 0 radical (unpaired) electrons. The Morgan fingerprint density at radius 2 is 1.95 bits per heavy atom. The molecule has 5 heteroatoms. The molecule has 20 heavy (non-hydrogen) atoms. The van der Waals surface area contributed by atoms with Gasteiger partial charge in [-0.1, -0.05) is 15.9 Å². The third-order valence-electron chi connectivity index (χ3n) is 3.98. The molecule has 0 saturated carbocycles. The van der Waals surface area contributed by atoms with E-state index in [9.17, 15) is 4.79 Å². The third kappa shape index (κ3) is 2.95. The molecular weight excluding hydrogens is 386 g/mol. The van der Waals surface area contributed by atoms with Crippen molar-refractivity contribution in [1.29, 1.82) is 0 Å². The van der Waals surface area contributed by atoms with Crippen LogP contribution in [0.2, 0.25) is 0 Å². The number of ether oxygens (including phenoxy) is 1. The van der Waals surface area contributed by atoms with Crippen LogP contribution in [-0.2, 0) is 0 Å². The lowest BCUT2D eigenvalue weighted by Gasteiger charge is -2.35. The Morgan fingerprint density at radius 3 is 2.55 bits per heavy atom. The van der Waals surface area contributed by atoms with Crippen LogP contribution in [-0.4, -0.2) is 32.0 Å². The zero-order valence-corrected chi connectivity index (χ0v) is 15.2. The van der Waals surface area contributed by atoms with E-state index < -0.39 is 5.41 Å². The monoisotopic (exact) mass is 404 g/mol. The van der Waals surface area contributed by atoms with Crippen molar-refractivity contribution in [3.63, 3.8) is 0 Å². The molecule has 1 N–H and O–H groups in total. The standard InChI is InChI=1S/C15H19Br2NO2/c1-4-18(5-2)8-15(3)9-20-13-11(14(15)19)6-10(16)7-12(13)17/h6-7H,4-5,8-9H2,1-3H3/p+1. The predicted octanol–water partition coefficient (Wildman–Crippen LogP) is 2.72. The van der Waals surface area contributed by atoms with Gasteiger partial charge in [-0.2, -0.15) is 0 Å². The molecule has 0 fully saturated rings. The van der Waals surface area contributed by atoms with Gasteiger partial charge in [-0.05, 0) is 48.8 Å². The maximum absolute atomic E-state index is 12.9. The second-order valence-electron chi connectivity index (χ2n) is 5.58. The van der Waals surface area contributed by atoms with Gasteiger partial charge in [-0.3, -0.25) is 4.79 Å². The average molecular weight is 406 g/mol. The van der Waals surface area contributed by atoms with Crippen LogP contribution in [0.3, 0.4) is 0 Å². The highest BCUT2D eigenvalue weighted by Gasteiger charge is 2.43. The van der Waals surface area contributed by atoms with Crippen LogP contribution in [0.5, 0.6) is 5.75 Å². The maximum atomic E-state index is 12.9. The number of fused-ring (bicyclic) bond motifs is 1. The van der Waals surface area contributed by atoms with Gasteiger partial charge in [0.15, 0.2) is 5.78 Å². The summed E-state index contributed by atoms with van der Waals surface area (Å²) in [6, 6.07) is 3.77. The summed E-state index contributed by atoms with van der Waals surface area (Å²) in [5.41, 5.74) is 0.223. The van der Waals surface area contributed by atoms with Gasteiger partial charge in [0, 0.05) is 4.47 Å². The second kappa shape index (κ2) is 6.16. The number of Topliss-reactive ketones (excluding diaryl/α,β-unsaturated/α-hetero) is 1. The number of hydrogen-bond acceptors (Lipinski definition) is 2. The molecule has 0 aliphatic carbocycles. The quantitative estimate of drug-likeness (QED) is 0.834. The minimum absolute atomic E-state index is 0.181. The Balaban J connectivity index is 2.35. The van der Waals surface area contributed by atoms with E-state index in [0.717, 1.165) is 28.6 Å². The van der Waals surface area contributed by atoms with E-state index >= 15 is 0 Å². The molecular formula is C15H20Br2NO2+. The first-order chi connectivity index (χ1) is 9.41. The van der Waals surface area contributed by atoms with Crippen molar-refractivity contribution in [3.8, 4) is 5.75 Å². The number of ketones is 1. The number of carbonyl (C=O) groups excluding carboxylic acids is 1. The average Bonchev–Trinajstić information content (AvgIpc) is 2.41. The summed E-state index contributed by atoms with van der Waals surface area (Å²) >= 11 is 6.91. The maximum Gasteiger partial charge on any atom is 0.181 e. The van der Waals surface area contributed by atoms with Crippen LogP contribution in [0, 0.1) is 5.41 Å². The number of benzene rings is 1. The van der Waals surface area contributed by atoms with Crippen LogP contribution >= 0.6 is 31.9 Å². The lowest BCUT2D eigenvalue weighted by Crippen LogP contribution is -3.13. The number of halogens is 2. The minimum Gasteiger partial charge on any atom is -0.490 e. The summed E-state index contributed by atoms with van der Waals surface area (Å²) in [7, 11) is 0. The molecule has 0 spiro atoms. The van der Waals surface area contributed by atoms with Gasteiger partial charge in [-0.15, -0.1) is 0 Å². The molecule has 2 rings (SSSR count). The fourth-order valence-electron chi connectivity index (χ4n) is 2.68. The number of rotatable bonds is 4. The minimum atomic E-state index is -0.450. The molecule has 0 bridgehead atoms. The second-order valence-corrected chi connectivity index (χ2v) is 7.35. The van der Waals surface area contributed by atoms with Gasteiger partial charge in [0.1, 0.15) is 17.8 Å². The Hall–Kier alpha value is -0.390. The van der Waals surface area contributed by atoms with Crippen molar-refractivity contribution >= 4 is 37.6 Å². The third-order valence-corrected chi connectivity index (χ3v) is 5.02. The molecule has 3 nitrogen and oxygen atoms in total. The summed E-state index contributed by atoms with van der Waals surface area (Å²) in [5, 5.41) is 0. The topological polar surface area (TPSA) is 30.7 Å². The summed E-state index contributed by atoms with van der Waals surface area (Å²) < 4.78 is 7.60. The molecule has 0 saturated heterocycles. The zero-order valence-electron chi connectivity index (χ0n) is 12.1. The molecule has 1 aromatic carbocycles. The SMILES string of the molecule is CC[NH+](CC)CC1(C)COc2c(Br)cc(Br)cc2C1=O. The van der Waals surface area contributed by atoms with Crippen LogP contribution in [0.4, 0.5) is 0 Å². The summed E-state index contributed by atoms with van der Waals surface area (Å²) in [6.45, 7) is 9.61. The Bertz CT molecular complexity index is 529.